The molecule has 1 aromatic heterocycles. The topological polar surface area (TPSA) is 91.3 Å². The highest BCUT2D eigenvalue weighted by molar-refractivity contribution is 6.20. The summed E-state index contributed by atoms with van der Waals surface area (Å²) in [7, 11) is 1.37. The summed E-state index contributed by atoms with van der Waals surface area (Å²) < 4.78 is 10.0. The number of aromatic nitrogens is 2. The number of rotatable bonds is 5. The van der Waals surface area contributed by atoms with Gasteiger partial charge in [0.2, 0.25) is 0 Å². The third-order valence-corrected chi connectivity index (χ3v) is 3.21. The zero-order valence-electron chi connectivity index (χ0n) is 10.9. The Balaban J connectivity index is 2.40. The molecule has 1 unspecified atom stereocenters. The molecule has 106 valence electrons. The van der Waals surface area contributed by atoms with Gasteiger partial charge >= 0.3 is 5.69 Å². The summed E-state index contributed by atoms with van der Waals surface area (Å²) in [6, 6.07) is 4.42. The number of benzene rings is 1. The maximum atomic E-state index is 11.0. The highest BCUT2D eigenvalue weighted by atomic mass is 35.5. The molecule has 0 bridgehead atoms. The van der Waals surface area contributed by atoms with Crippen molar-refractivity contribution in [3.05, 3.63) is 34.1 Å². The van der Waals surface area contributed by atoms with Crippen LogP contribution >= 0.6 is 11.6 Å². The average Bonchev–Trinajstić information content (AvgIpc) is 2.95. The van der Waals surface area contributed by atoms with Crippen LogP contribution in [0.3, 0.4) is 0 Å². The Labute approximate surface area is 119 Å². The van der Waals surface area contributed by atoms with E-state index in [4.69, 9.17) is 20.9 Å². The molecule has 0 aliphatic carbocycles. The fourth-order valence-electron chi connectivity index (χ4n) is 1.63. The molecular formula is C12H12ClN3O4. The number of nitro groups is 1. The number of hydrogen-bond donors (Lipinski definition) is 0. The lowest BCUT2D eigenvalue weighted by atomic mass is 10.2. The normalized spacial score (nSPS) is 12.2. The summed E-state index contributed by atoms with van der Waals surface area (Å²) in [5, 5.41) is 14.4. The number of hydrogen-bond acceptors (Lipinski definition) is 6. The molecule has 0 radical (unpaired) electrons. The molecule has 7 nitrogen and oxygen atoms in total. The van der Waals surface area contributed by atoms with Crippen LogP contribution in [0.1, 0.15) is 24.5 Å². The molecule has 0 saturated heterocycles. The van der Waals surface area contributed by atoms with Crippen LogP contribution < -0.4 is 4.74 Å². The SMILES string of the molecule is CCC(Cl)c1noc(-c2ccc(OC)c([N+](=O)[O-])c2)n1. The average molecular weight is 298 g/mol. The van der Waals surface area contributed by atoms with Crippen molar-refractivity contribution in [2.45, 2.75) is 18.7 Å². The first-order chi connectivity index (χ1) is 9.56. The molecule has 8 heteroatoms. The van der Waals surface area contributed by atoms with E-state index in [0.29, 0.717) is 17.8 Å². The van der Waals surface area contributed by atoms with E-state index >= 15 is 0 Å². The molecule has 2 aromatic rings. The Bertz CT molecular complexity index is 629. The first-order valence-corrected chi connectivity index (χ1v) is 6.31. The largest absolute Gasteiger partial charge is 0.490 e. The Morgan fingerprint density at radius 1 is 1.55 bits per heavy atom. The number of alkyl halides is 1. The van der Waals surface area contributed by atoms with Gasteiger partial charge in [0.25, 0.3) is 5.89 Å². The van der Waals surface area contributed by atoms with Crippen LogP contribution in [0.5, 0.6) is 5.75 Å². The van der Waals surface area contributed by atoms with Crippen molar-refractivity contribution in [3.8, 4) is 17.2 Å². The lowest BCUT2D eigenvalue weighted by Crippen LogP contribution is -1.94. The Morgan fingerprint density at radius 2 is 2.30 bits per heavy atom. The second-order valence-corrected chi connectivity index (χ2v) is 4.50. The lowest BCUT2D eigenvalue weighted by molar-refractivity contribution is -0.385. The van der Waals surface area contributed by atoms with Gasteiger partial charge in [0.15, 0.2) is 11.6 Å². The summed E-state index contributed by atoms with van der Waals surface area (Å²) in [4.78, 5) is 14.6. The van der Waals surface area contributed by atoms with Gasteiger partial charge in [-0.2, -0.15) is 4.98 Å². The molecule has 0 N–H and O–H groups in total. The predicted octanol–water partition coefficient (Wildman–Crippen LogP) is 3.34. The van der Waals surface area contributed by atoms with E-state index < -0.39 is 4.92 Å². The first-order valence-electron chi connectivity index (χ1n) is 5.87. The van der Waals surface area contributed by atoms with Crippen molar-refractivity contribution >= 4 is 17.3 Å². The summed E-state index contributed by atoms with van der Waals surface area (Å²) >= 11 is 6.01. The van der Waals surface area contributed by atoms with E-state index in [2.05, 4.69) is 10.1 Å². The molecule has 2 rings (SSSR count). The Hall–Kier alpha value is -2.15. The van der Waals surface area contributed by atoms with Crippen LogP contribution in [0.4, 0.5) is 5.69 Å². The van der Waals surface area contributed by atoms with Crippen molar-refractivity contribution in [3.63, 3.8) is 0 Å². The maximum Gasteiger partial charge on any atom is 0.311 e. The fourth-order valence-corrected chi connectivity index (χ4v) is 1.72. The second-order valence-electron chi connectivity index (χ2n) is 3.98. The van der Waals surface area contributed by atoms with Gasteiger partial charge in [0, 0.05) is 11.6 Å². The minimum atomic E-state index is -0.532. The van der Waals surface area contributed by atoms with Gasteiger partial charge in [-0.3, -0.25) is 10.1 Å². The number of nitro benzene ring substituents is 1. The molecule has 0 saturated carbocycles. The molecule has 1 atom stereocenters. The van der Waals surface area contributed by atoms with Crippen LogP contribution in [-0.2, 0) is 0 Å². The third kappa shape index (κ3) is 2.72. The zero-order valence-corrected chi connectivity index (χ0v) is 11.6. The molecular weight excluding hydrogens is 286 g/mol. The summed E-state index contributed by atoms with van der Waals surface area (Å²) in [6.07, 6.45) is 0.656. The predicted molar refractivity (Wildman–Crippen MR) is 71.8 cm³/mol. The van der Waals surface area contributed by atoms with Gasteiger partial charge in [0.05, 0.1) is 17.4 Å². The van der Waals surface area contributed by atoms with Crippen molar-refractivity contribution in [2.24, 2.45) is 0 Å². The van der Waals surface area contributed by atoms with Crippen molar-refractivity contribution in [2.75, 3.05) is 7.11 Å². The van der Waals surface area contributed by atoms with Crippen LogP contribution in [0, 0.1) is 10.1 Å². The van der Waals surface area contributed by atoms with Crippen molar-refractivity contribution < 1.29 is 14.2 Å². The number of halogens is 1. The smallest absolute Gasteiger partial charge is 0.311 e. The van der Waals surface area contributed by atoms with Crippen LogP contribution in [-0.4, -0.2) is 22.2 Å². The molecule has 0 fully saturated rings. The van der Waals surface area contributed by atoms with Gasteiger partial charge in [-0.15, -0.1) is 11.6 Å². The van der Waals surface area contributed by atoms with E-state index in [1.165, 1.54) is 19.2 Å². The van der Waals surface area contributed by atoms with E-state index in [1.54, 1.807) is 6.07 Å². The van der Waals surface area contributed by atoms with Gasteiger partial charge in [-0.1, -0.05) is 12.1 Å². The van der Waals surface area contributed by atoms with Crippen LogP contribution in [0.25, 0.3) is 11.5 Å². The van der Waals surface area contributed by atoms with Crippen LogP contribution in [0.2, 0.25) is 0 Å². The summed E-state index contributed by atoms with van der Waals surface area (Å²) in [5.41, 5.74) is 0.277. The summed E-state index contributed by atoms with van der Waals surface area (Å²) in [5.74, 6) is 0.717. The fraction of sp³-hybridized carbons (Fsp3) is 0.333. The number of methoxy groups -OCH3 is 1. The molecule has 0 amide bonds. The number of nitrogens with zero attached hydrogens (tertiary/aromatic N) is 3. The number of ether oxygens (including phenoxy) is 1. The van der Waals surface area contributed by atoms with Crippen molar-refractivity contribution in [1.29, 1.82) is 0 Å². The molecule has 0 aliphatic rings. The van der Waals surface area contributed by atoms with Crippen LogP contribution in [0.15, 0.2) is 22.7 Å². The van der Waals surface area contributed by atoms with E-state index in [1.807, 2.05) is 6.92 Å². The molecule has 1 heterocycles. The standard InChI is InChI=1S/C12H12ClN3O4/c1-3-8(13)11-14-12(20-15-11)7-4-5-10(19-2)9(6-7)16(17)18/h4-6,8H,3H2,1-2H3. The van der Waals surface area contributed by atoms with Gasteiger partial charge < -0.3 is 9.26 Å². The van der Waals surface area contributed by atoms with Crippen molar-refractivity contribution in [1.82, 2.24) is 10.1 Å². The summed E-state index contributed by atoms with van der Waals surface area (Å²) in [6.45, 7) is 1.89. The minimum absolute atomic E-state index is 0.164. The lowest BCUT2D eigenvalue weighted by Gasteiger charge is -2.02. The zero-order chi connectivity index (χ0) is 14.7. The van der Waals surface area contributed by atoms with Gasteiger partial charge in [0.1, 0.15) is 0 Å². The van der Waals surface area contributed by atoms with E-state index in [9.17, 15) is 10.1 Å². The van der Waals surface area contributed by atoms with E-state index in [0.717, 1.165) is 0 Å². The highest BCUT2D eigenvalue weighted by Gasteiger charge is 2.20. The molecule has 0 aliphatic heterocycles. The Morgan fingerprint density at radius 3 is 2.90 bits per heavy atom. The quantitative estimate of drug-likeness (QED) is 0.477. The highest BCUT2D eigenvalue weighted by Crippen LogP contribution is 2.32. The van der Waals surface area contributed by atoms with Gasteiger partial charge in [-0.25, -0.2) is 0 Å². The molecule has 20 heavy (non-hydrogen) atoms. The molecule has 0 spiro atoms. The first kappa shape index (κ1) is 14.3. The van der Waals surface area contributed by atoms with Gasteiger partial charge in [-0.05, 0) is 18.6 Å². The monoisotopic (exact) mass is 297 g/mol. The second kappa shape index (κ2) is 5.87. The molecule has 1 aromatic carbocycles. The Kier molecular flexibility index (Phi) is 4.19. The minimum Gasteiger partial charge on any atom is -0.490 e. The maximum absolute atomic E-state index is 11.0. The third-order valence-electron chi connectivity index (χ3n) is 2.70. The van der Waals surface area contributed by atoms with E-state index in [-0.39, 0.29) is 22.7 Å².